The fourth-order valence-electron chi connectivity index (χ4n) is 6.31. The van der Waals surface area contributed by atoms with Gasteiger partial charge in [-0.2, -0.15) is 0 Å². The third-order valence-corrected chi connectivity index (χ3v) is 9.59. The van der Waals surface area contributed by atoms with Crippen molar-refractivity contribution in [1.29, 1.82) is 0 Å². The maximum Gasteiger partial charge on any atom is 0.306 e. The molecule has 0 aliphatic heterocycles. The minimum absolute atomic E-state index is 0.0803. The van der Waals surface area contributed by atoms with Crippen LogP contribution >= 0.6 is 0 Å². The Labute approximate surface area is 310 Å². The van der Waals surface area contributed by atoms with Gasteiger partial charge in [0, 0.05) is 25.7 Å². The molecule has 50 heavy (non-hydrogen) atoms. The van der Waals surface area contributed by atoms with E-state index in [1.54, 1.807) is 0 Å². The van der Waals surface area contributed by atoms with E-state index in [2.05, 4.69) is 45.0 Å². The van der Waals surface area contributed by atoms with Crippen molar-refractivity contribution in [3.05, 3.63) is 24.3 Å². The zero-order valence-electron chi connectivity index (χ0n) is 33.5. The van der Waals surface area contributed by atoms with Crippen molar-refractivity contribution in [3.8, 4) is 0 Å². The van der Waals surface area contributed by atoms with E-state index in [1.165, 1.54) is 89.9 Å². The van der Waals surface area contributed by atoms with Gasteiger partial charge in [0.25, 0.3) is 0 Å². The van der Waals surface area contributed by atoms with Crippen molar-refractivity contribution in [2.75, 3.05) is 33.9 Å². The molecule has 292 valence electrons. The molecule has 0 aromatic rings. The summed E-state index contributed by atoms with van der Waals surface area (Å²) in [6, 6.07) is 0. The topological polar surface area (TPSA) is 72.9 Å². The molecule has 0 aromatic carbocycles. The third-order valence-electron chi connectivity index (χ3n) is 9.59. The first kappa shape index (κ1) is 48.0. The zero-order valence-corrected chi connectivity index (χ0v) is 33.5. The van der Waals surface area contributed by atoms with Gasteiger partial charge in [0.15, 0.2) is 0 Å². The van der Waals surface area contributed by atoms with Gasteiger partial charge in [-0.3, -0.25) is 14.4 Å². The normalized spacial score (nSPS) is 11.8. The molecule has 0 heterocycles. The maximum atomic E-state index is 12.6. The summed E-state index contributed by atoms with van der Waals surface area (Å²) >= 11 is 0. The lowest BCUT2D eigenvalue weighted by atomic mass is 9.89. The molecule has 0 N–H and O–H groups in total. The number of ketones is 1. The minimum Gasteiger partial charge on any atom is -0.461 e. The molecule has 0 aromatic heterocycles. The molecular formula is C44H81NO5. The largest absolute Gasteiger partial charge is 0.461 e. The molecule has 0 saturated heterocycles. The van der Waals surface area contributed by atoms with E-state index in [-0.39, 0.29) is 11.9 Å². The number of esters is 2. The minimum atomic E-state index is -0.0803. The number of Topliss-reactive ketones (excluding diaryl/α,β-unsaturated/α-hetero) is 1. The monoisotopic (exact) mass is 704 g/mol. The van der Waals surface area contributed by atoms with Crippen LogP contribution in [0.5, 0.6) is 0 Å². The molecule has 0 fully saturated rings. The van der Waals surface area contributed by atoms with E-state index in [4.69, 9.17) is 9.47 Å². The number of unbranched alkanes of at least 4 members (excludes halogenated alkanes) is 17. The number of hydrogen-bond donors (Lipinski definition) is 0. The Morgan fingerprint density at radius 3 is 1.40 bits per heavy atom. The second-order valence-electron chi connectivity index (χ2n) is 14.8. The van der Waals surface area contributed by atoms with Gasteiger partial charge >= 0.3 is 11.9 Å². The van der Waals surface area contributed by atoms with Gasteiger partial charge < -0.3 is 14.4 Å². The number of nitrogens with zero attached hydrogens (tertiary/aromatic N) is 1. The molecule has 6 nitrogen and oxygen atoms in total. The number of carbonyl (C=O) groups excluding carboxylic acids is 3. The van der Waals surface area contributed by atoms with Crippen LogP contribution in [0.4, 0.5) is 0 Å². The maximum absolute atomic E-state index is 12.6. The van der Waals surface area contributed by atoms with E-state index >= 15 is 0 Å². The first-order chi connectivity index (χ1) is 24.4. The molecule has 0 spiro atoms. The fourth-order valence-corrected chi connectivity index (χ4v) is 6.31. The van der Waals surface area contributed by atoms with Gasteiger partial charge in [-0.25, -0.2) is 0 Å². The van der Waals surface area contributed by atoms with Gasteiger partial charge in [-0.1, -0.05) is 141 Å². The summed E-state index contributed by atoms with van der Waals surface area (Å²) in [4.78, 5) is 38.8. The first-order valence-corrected chi connectivity index (χ1v) is 21.2. The summed E-state index contributed by atoms with van der Waals surface area (Å²) in [5.41, 5.74) is 0. The Bertz CT molecular complexity index is 784. The smallest absolute Gasteiger partial charge is 0.306 e. The average Bonchev–Trinajstić information content (AvgIpc) is 3.09. The molecule has 0 saturated carbocycles. The second kappa shape index (κ2) is 38.3. The van der Waals surface area contributed by atoms with Crippen molar-refractivity contribution in [2.45, 2.75) is 200 Å². The highest BCUT2D eigenvalue weighted by Gasteiger charge is 2.12. The lowest BCUT2D eigenvalue weighted by molar-refractivity contribution is -0.143. The number of rotatable bonds is 38. The van der Waals surface area contributed by atoms with Gasteiger partial charge in [0.2, 0.25) is 0 Å². The zero-order chi connectivity index (χ0) is 36.8. The van der Waals surface area contributed by atoms with E-state index in [9.17, 15) is 14.4 Å². The molecule has 0 rings (SSSR count). The van der Waals surface area contributed by atoms with Crippen LogP contribution in [0.1, 0.15) is 200 Å². The van der Waals surface area contributed by atoms with E-state index in [0.717, 1.165) is 90.0 Å². The van der Waals surface area contributed by atoms with Crippen LogP contribution in [0.25, 0.3) is 0 Å². The van der Waals surface area contributed by atoms with Crippen molar-refractivity contribution in [3.63, 3.8) is 0 Å². The van der Waals surface area contributed by atoms with Crippen LogP contribution in [-0.2, 0) is 23.9 Å². The number of allylic oxidation sites excluding steroid dienone is 2. The van der Waals surface area contributed by atoms with Gasteiger partial charge in [0.1, 0.15) is 19.0 Å². The fraction of sp³-hybridized carbons (Fsp3) is 0.841. The lowest BCUT2D eigenvalue weighted by Gasteiger charge is -2.17. The summed E-state index contributed by atoms with van der Waals surface area (Å²) in [6.07, 6.45) is 39.4. The molecule has 0 bridgehead atoms. The van der Waals surface area contributed by atoms with Crippen LogP contribution in [0, 0.1) is 5.92 Å². The van der Waals surface area contributed by atoms with Gasteiger partial charge in [0.05, 0.1) is 0 Å². The van der Waals surface area contributed by atoms with Crippen LogP contribution < -0.4 is 0 Å². The van der Waals surface area contributed by atoms with E-state index < -0.39 is 0 Å². The summed E-state index contributed by atoms with van der Waals surface area (Å²) in [7, 11) is 4.17. The molecule has 0 unspecified atom stereocenters. The standard InChI is InChI=1S/C44H81NO5/c1-5-7-9-11-13-21-29-39-49-43(47)34-25-19-15-17-23-31-41(36-37-42(46)33-27-28-38-45(3)4)32-24-18-16-20-26-35-44(48)50-40-30-22-14-12-10-8-6-2/h21-22,29-30,41H,5-20,23-28,31-40H2,1-4H3/b29-21-,30-22-. The Morgan fingerprint density at radius 2 is 0.920 bits per heavy atom. The summed E-state index contributed by atoms with van der Waals surface area (Å²) in [5.74, 6) is 0.883. The molecular weight excluding hydrogens is 622 g/mol. The predicted molar refractivity (Wildman–Crippen MR) is 212 cm³/mol. The van der Waals surface area contributed by atoms with Crippen molar-refractivity contribution < 1.29 is 23.9 Å². The van der Waals surface area contributed by atoms with Crippen molar-refractivity contribution >= 4 is 17.7 Å². The summed E-state index contributed by atoms with van der Waals surface area (Å²) < 4.78 is 10.7. The predicted octanol–water partition coefficient (Wildman–Crippen LogP) is 12.3. The second-order valence-corrected chi connectivity index (χ2v) is 14.8. The summed E-state index contributed by atoms with van der Waals surface area (Å²) in [5, 5.41) is 0. The molecule has 0 amide bonds. The highest BCUT2D eigenvalue weighted by atomic mass is 16.5. The molecule has 0 atom stereocenters. The molecule has 0 aliphatic rings. The Morgan fingerprint density at radius 1 is 0.480 bits per heavy atom. The van der Waals surface area contributed by atoms with Gasteiger partial charge in [-0.05, 0) is 84.3 Å². The van der Waals surface area contributed by atoms with Crippen LogP contribution in [0.15, 0.2) is 24.3 Å². The SMILES string of the molecule is CCCCCC/C=C\COC(=O)CCCCCCCC(CCCCCCCC(=O)OC/C=C\CCCCCC)CCC(=O)CCCCN(C)C. The van der Waals surface area contributed by atoms with Crippen LogP contribution in [-0.4, -0.2) is 56.5 Å². The Hall–Kier alpha value is -1.95. The van der Waals surface area contributed by atoms with Crippen molar-refractivity contribution in [1.82, 2.24) is 4.90 Å². The summed E-state index contributed by atoms with van der Waals surface area (Å²) in [6.45, 7) is 6.29. The van der Waals surface area contributed by atoms with Crippen molar-refractivity contribution in [2.24, 2.45) is 5.92 Å². The highest BCUT2D eigenvalue weighted by Crippen LogP contribution is 2.24. The molecule has 6 heteroatoms. The van der Waals surface area contributed by atoms with Gasteiger partial charge in [-0.15, -0.1) is 0 Å². The van der Waals surface area contributed by atoms with E-state index in [0.29, 0.717) is 37.8 Å². The molecule has 0 radical (unpaired) electrons. The van der Waals surface area contributed by atoms with E-state index in [1.807, 2.05) is 12.2 Å². The molecule has 0 aliphatic carbocycles. The Balaban J connectivity index is 4.18. The lowest BCUT2D eigenvalue weighted by Crippen LogP contribution is -2.13. The van der Waals surface area contributed by atoms with Crippen LogP contribution in [0.3, 0.4) is 0 Å². The third kappa shape index (κ3) is 37.3. The highest BCUT2D eigenvalue weighted by molar-refractivity contribution is 5.78. The van der Waals surface area contributed by atoms with Crippen LogP contribution in [0.2, 0.25) is 0 Å². The Kier molecular flexibility index (Phi) is 36.8. The number of ether oxygens (including phenoxy) is 2. The first-order valence-electron chi connectivity index (χ1n) is 21.2. The average molecular weight is 704 g/mol. The number of carbonyl (C=O) groups is 3. The quantitative estimate of drug-likeness (QED) is 0.0362. The number of hydrogen-bond acceptors (Lipinski definition) is 6.